The minimum Gasteiger partial charge on any atom is -0.355 e. The van der Waals surface area contributed by atoms with Gasteiger partial charge in [0, 0.05) is 11.6 Å². The highest BCUT2D eigenvalue weighted by atomic mass is 35.5. The SMILES string of the molecule is Nn1c(SCC(=O)NCCc2ccc(Cl)cc2)nnc1-c1ccccc1F. The van der Waals surface area contributed by atoms with Crippen LogP contribution in [0, 0.1) is 5.82 Å². The van der Waals surface area contributed by atoms with Crippen molar-refractivity contribution in [2.24, 2.45) is 0 Å². The lowest BCUT2D eigenvalue weighted by Crippen LogP contribution is -2.27. The molecular formula is C18H17ClFN5OS. The Balaban J connectivity index is 1.50. The van der Waals surface area contributed by atoms with Gasteiger partial charge in [0.25, 0.3) is 0 Å². The van der Waals surface area contributed by atoms with E-state index in [0.29, 0.717) is 23.1 Å². The summed E-state index contributed by atoms with van der Waals surface area (Å²) in [6.45, 7) is 0.511. The number of nitrogens with one attached hydrogen (secondary N) is 1. The number of nitrogen functional groups attached to an aromatic ring is 1. The maximum absolute atomic E-state index is 13.9. The van der Waals surface area contributed by atoms with Crippen LogP contribution in [0.2, 0.25) is 5.02 Å². The minimum absolute atomic E-state index is 0.132. The van der Waals surface area contributed by atoms with Crippen LogP contribution in [0.1, 0.15) is 5.56 Å². The van der Waals surface area contributed by atoms with Crippen LogP contribution in [0.5, 0.6) is 0 Å². The highest BCUT2D eigenvalue weighted by Gasteiger charge is 2.16. The van der Waals surface area contributed by atoms with Crippen LogP contribution in [0.25, 0.3) is 11.4 Å². The standard InChI is InChI=1S/C18H17ClFN5OS/c19-13-7-5-12(6-8-13)9-10-22-16(26)11-27-18-24-23-17(25(18)21)14-3-1-2-4-15(14)20/h1-8H,9-11,21H2,(H,22,26). The number of hydrogen-bond donors (Lipinski definition) is 2. The van der Waals surface area contributed by atoms with E-state index in [1.165, 1.54) is 10.7 Å². The Hall–Kier alpha value is -2.58. The first-order valence-corrected chi connectivity index (χ1v) is 9.50. The number of carbonyl (C=O) groups is 1. The molecule has 27 heavy (non-hydrogen) atoms. The summed E-state index contributed by atoms with van der Waals surface area (Å²) < 4.78 is 15.0. The molecule has 0 saturated heterocycles. The number of nitrogens with two attached hydrogens (primary N) is 1. The topological polar surface area (TPSA) is 85.8 Å². The third-order valence-corrected chi connectivity index (χ3v) is 4.96. The second-order valence-electron chi connectivity index (χ2n) is 5.67. The van der Waals surface area contributed by atoms with Gasteiger partial charge in [-0.2, -0.15) is 0 Å². The first-order valence-electron chi connectivity index (χ1n) is 8.14. The smallest absolute Gasteiger partial charge is 0.230 e. The molecule has 3 aromatic rings. The van der Waals surface area contributed by atoms with Crippen LogP contribution in [0.3, 0.4) is 0 Å². The van der Waals surface area contributed by atoms with Gasteiger partial charge < -0.3 is 11.2 Å². The summed E-state index contributed by atoms with van der Waals surface area (Å²) in [6.07, 6.45) is 0.706. The van der Waals surface area contributed by atoms with Gasteiger partial charge >= 0.3 is 0 Å². The molecule has 6 nitrogen and oxygen atoms in total. The fourth-order valence-corrected chi connectivity index (χ4v) is 3.19. The lowest BCUT2D eigenvalue weighted by atomic mass is 10.1. The van der Waals surface area contributed by atoms with Crippen molar-refractivity contribution in [2.45, 2.75) is 11.6 Å². The van der Waals surface area contributed by atoms with Crippen molar-refractivity contribution < 1.29 is 9.18 Å². The summed E-state index contributed by atoms with van der Waals surface area (Å²) in [5, 5.41) is 11.7. The Morgan fingerprint density at radius 3 is 2.67 bits per heavy atom. The molecule has 3 N–H and O–H groups in total. The highest BCUT2D eigenvalue weighted by molar-refractivity contribution is 7.99. The molecule has 0 atom stereocenters. The zero-order chi connectivity index (χ0) is 19.2. The first-order chi connectivity index (χ1) is 13.0. The number of rotatable bonds is 7. The maximum Gasteiger partial charge on any atom is 0.230 e. The average molecular weight is 406 g/mol. The third-order valence-electron chi connectivity index (χ3n) is 3.76. The number of nitrogens with zero attached hydrogens (tertiary/aromatic N) is 3. The molecule has 1 aromatic heterocycles. The summed E-state index contributed by atoms with van der Waals surface area (Å²) >= 11 is 6.98. The molecule has 2 aromatic carbocycles. The van der Waals surface area contributed by atoms with E-state index >= 15 is 0 Å². The number of benzene rings is 2. The Morgan fingerprint density at radius 1 is 1.19 bits per heavy atom. The number of halogens is 2. The van der Waals surface area contributed by atoms with Crippen LogP contribution in [0.4, 0.5) is 4.39 Å². The fourth-order valence-electron chi connectivity index (χ4n) is 2.38. The summed E-state index contributed by atoms with van der Waals surface area (Å²) in [6, 6.07) is 13.6. The predicted molar refractivity (Wildman–Crippen MR) is 104 cm³/mol. The molecule has 0 bridgehead atoms. The van der Waals surface area contributed by atoms with Crippen LogP contribution >= 0.6 is 23.4 Å². The summed E-state index contributed by atoms with van der Waals surface area (Å²) in [5.41, 5.74) is 1.34. The maximum atomic E-state index is 13.9. The van der Waals surface area contributed by atoms with E-state index in [1.54, 1.807) is 18.2 Å². The summed E-state index contributed by atoms with van der Waals surface area (Å²) in [7, 11) is 0. The van der Waals surface area contributed by atoms with E-state index < -0.39 is 5.82 Å². The number of hydrogen-bond acceptors (Lipinski definition) is 5. The van der Waals surface area contributed by atoms with Crippen molar-refractivity contribution >= 4 is 29.3 Å². The van der Waals surface area contributed by atoms with Gasteiger partial charge in [0.1, 0.15) is 5.82 Å². The van der Waals surface area contributed by atoms with Crippen molar-refractivity contribution in [2.75, 3.05) is 18.1 Å². The molecule has 0 fully saturated rings. The number of aromatic nitrogens is 3. The van der Waals surface area contributed by atoms with Crippen molar-refractivity contribution in [3.8, 4) is 11.4 Å². The van der Waals surface area contributed by atoms with E-state index in [-0.39, 0.29) is 23.0 Å². The van der Waals surface area contributed by atoms with Crippen molar-refractivity contribution in [3.63, 3.8) is 0 Å². The summed E-state index contributed by atoms with van der Waals surface area (Å²) in [4.78, 5) is 12.0. The second kappa shape index (κ2) is 8.88. The zero-order valence-corrected chi connectivity index (χ0v) is 15.8. The number of amides is 1. The molecule has 3 rings (SSSR count). The van der Waals surface area contributed by atoms with Gasteiger partial charge in [-0.1, -0.05) is 47.6 Å². The van der Waals surface area contributed by atoms with Crippen LogP contribution in [0.15, 0.2) is 53.7 Å². The number of carbonyl (C=O) groups excluding carboxylic acids is 1. The Morgan fingerprint density at radius 2 is 1.93 bits per heavy atom. The molecule has 0 spiro atoms. The summed E-state index contributed by atoms with van der Waals surface area (Å²) in [5.74, 6) is 5.69. The van der Waals surface area contributed by atoms with Crippen LogP contribution in [-0.4, -0.2) is 33.1 Å². The van der Waals surface area contributed by atoms with E-state index in [9.17, 15) is 9.18 Å². The minimum atomic E-state index is -0.437. The lowest BCUT2D eigenvalue weighted by molar-refractivity contribution is -0.118. The van der Waals surface area contributed by atoms with Crippen LogP contribution < -0.4 is 11.2 Å². The monoisotopic (exact) mass is 405 g/mol. The Kier molecular flexibility index (Phi) is 6.31. The quantitative estimate of drug-likeness (QED) is 0.466. The van der Waals surface area contributed by atoms with E-state index in [0.717, 1.165) is 17.3 Å². The molecule has 0 aliphatic carbocycles. The molecule has 0 saturated carbocycles. The van der Waals surface area contributed by atoms with Crippen molar-refractivity contribution in [3.05, 3.63) is 64.9 Å². The van der Waals surface area contributed by atoms with Crippen molar-refractivity contribution in [1.82, 2.24) is 20.2 Å². The van der Waals surface area contributed by atoms with E-state index in [2.05, 4.69) is 15.5 Å². The fraction of sp³-hybridized carbons (Fsp3) is 0.167. The molecule has 0 aliphatic rings. The molecular weight excluding hydrogens is 389 g/mol. The van der Waals surface area contributed by atoms with Gasteiger partial charge in [-0.3, -0.25) is 4.79 Å². The van der Waals surface area contributed by atoms with E-state index in [1.807, 2.05) is 24.3 Å². The molecule has 1 heterocycles. The second-order valence-corrected chi connectivity index (χ2v) is 7.05. The normalized spacial score (nSPS) is 10.7. The molecule has 140 valence electrons. The largest absolute Gasteiger partial charge is 0.355 e. The molecule has 0 aliphatic heterocycles. The predicted octanol–water partition coefficient (Wildman–Crippen LogP) is 2.90. The average Bonchev–Trinajstić information content (AvgIpc) is 3.02. The van der Waals surface area contributed by atoms with Gasteiger partial charge in [-0.25, -0.2) is 9.07 Å². The third kappa shape index (κ3) is 4.99. The lowest BCUT2D eigenvalue weighted by Gasteiger charge is -2.06. The van der Waals surface area contributed by atoms with Gasteiger partial charge in [-0.15, -0.1) is 10.2 Å². The molecule has 9 heteroatoms. The van der Waals surface area contributed by atoms with Gasteiger partial charge in [0.15, 0.2) is 5.82 Å². The first kappa shape index (κ1) is 19.2. The highest BCUT2D eigenvalue weighted by Crippen LogP contribution is 2.23. The molecule has 1 amide bonds. The van der Waals surface area contributed by atoms with Crippen LogP contribution in [-0.2, 0) is 11.2 Å². The molecule has 0 radical (unpaired) electrons. The van der Waals surface area contributed by atoms with E-state index in [4.69, 9.17) is 17.4 Å². The zero-order valence-electron chi connectivity index (χ0n) is 14.2. The Labute approximate surface area is 164 Å². The van der Waals surface area contributed by atoms with Gasteiger partial charge in [0.05, 0.1) is 11.3 Å². The number of thioether (sulfide) groups is 1. The van der Waals surface area contributed by atoms with Gasteiger partial charge in [0.2, 0.25) is 11.1 Å². The van der Waals surface area contributed by atoms with Crippen molar-refractivity contribution in [1.29, 1.82) is 0 Å². The van der Waals surface area contributed by atoms with Gasteiger partial charge in [-0.05, 0) is 36.2 Å². The Bertz CT molecular complexity index is 932. The molecule has 0 unspecified atom stereocenters.